The molecule has 8 heteroatoms. The molecule has 6 nitrogen and oxygen atoms in total. The molecule has 1 unspecified atom stereocenters. The van der Waals surface area contributed by atoms with Gasteiger partial charge >= 0.3 is 0 Å². The van der Waals surface area contributed by atoms with Crippen molar-refractivity contribution >= 4 is 34.7 Å². The first kappa shape index (κ1) is 16.4. The number of hydrogen-bond donors (Lipinski definition) is 1. The Bertz CT molecular complexity index is 629. The van der Waals surface area contributed by atoms with Gasteiger partial charge in [-0.05, 0) is 19.1 Å². The zero-order chi connectivity index (χ0) is 15.9. The number of carbonyl (C=O) groups excluding carboxylic acids is 1. The number of nitrogens with one attached hydrogen (secondary N) is 1. The van der Waals surface area contributed by atoms with Crippen LogP contribution in [-0.4, -0.2) is 27.6 Å². The van der Waals surface area contributed by atoms with Gasteiger partial charge in [-0.2, -0.15) is 0 Å². The Hall–Kier alpha value is -1.93. The number of nitro groups is 1. The van der Waals surface area contributed by atoms with Crippen LogP contribution in [-0.2, 0) is 11.2 Å². The van der Waals surface area contributed by atoms with Crippen LogP contribution >= 0.6 is 23.1 Å². The molecule has 1 aromatic heterocycles. The van der Waals surface area contributed by atoms with E-state index in [0.29, 0.717) is 13.0 Å². The molecule has 0 spiro atoms. The summed E-state index contributed by atoms with van der Waals surface area (Å²) in [5.74, 6) is -0.0569. The van der Waals surface area contributed by atoms with Crippen LogP contribution in [0, 0.1) is 10.1 Å². The molecular weight excluding hydrogens is 322 g/mol. The third-order valence-corrected chi connectivity index (χ3v) is 4.64. The minimum absolute atomic E-state index is 0.0460. The SMILES string of the molecule is CC(Sc1ccc([N+](=O)[O-])cc1)C(=O)NCCc1cscn1. The molecule has 1 N–H and O–H groups in total. The standard InChI is InChI=1S/C14H15N3O3S2/c1-10(14(18)15-7-6-11-8-21-9-16-11)22-13-4-2-12(3-5-13)17(19)20/h2-5,8-10H,6-7H2,1H3,(H,15,18). The Morgan fingerprint density at radius 2 is 2.18 bits per heavy atom. The maximum absolute atomic E-state index is 12.0. The van der Waals surface area contributed by atoms with Gasteiger partial charge in [0.15, 0.2) is 0 Å². The predicted molar refractivity (Wildman–Crippen MR) is 87.2 cm³/mol. The van der Waals surface area contributed by atoms with Crippen molar-refractivity contribution in [2.24, 2.45) is 0 Å². The van der Waals surface area contributed by atoms with Gasteiger partial charge in [-0.3, -0.25) is 14.9 Å². The quantitative estimate of drug-likeness (QED) is 0.477. The van der Waals surface area contributed by atoms with Gasteiger partial charge in [-0.1, -0.05) is 0 Å². The van der Waals surface area contributed by atoms with Crippen molar-refractivity contribution < 1.29 is 9.72 Å². The minimum atomic E-state index is -0.441. The van der Waals surface area contributed by atoms with Crippen LogP contribution in [0.25, 0.3) is 0 Å². The highest BCUT2D eigenvalue weighted by Gasteiger charge is 2.14. The zero-order valence-electron chi connectivity index (χ0n) is 11.9. The molecule has 0 saturated heterocycles. The van der Waals surface area contributed by atoms with Crippen LogP contribution in [0.15, 0.2) is 40.1 Å². The summed E-state index contributed by atoms with van der Waals surface area (Å²) in [7, 11) is 0. The molecule has 116 valence electrons. The molecule has 1 heterocycles. The van der Waals surface area contributed by atoms with Gasteiger partial charge in [-0.25, -0.2) is 4.98 Å². The van der Waals surface area contributed by atoms with Crippen molar-refractivity contribution in [1.82, 2.24) is 10.3 Å². The van der Waals surface area contributed by atoms with E-state index in [1.165, 1.54) is 35.2 Å². The summed E-state index contributed by atoms with van der Waals surface area (Å²) in [6, 6.07) is 6.19. The van der Waals surface area contributed by atoms with E-state index in [0.717, 1.165) is 10.6 Å². The van der Waals surface area contributed by atoms with Gasteiger partial charge in [0.25, 0.3) is 5.69 Å². The molecule has 0 aliphatic carbocycles. The van der Waals surface area contributed by atoms with Gasteiger partial charge in [-0.15, -0.1) is 23.1 Å². The van der Waals surface area contributed by atoms with Crippen molar-refractivity contribution in [3.05, 3.63) is 51.0 Å². The summed E-state index contributed by atoms with van der Waals surface area (Å²) < 4.78 is 0. The van der Waals surface area contributed by atoms with Gasteiger partial charge < -0.3 is 5.32 Å². The largest absolute Gasteiger partial charge is 0.355 e. The molecule has 22 heavy (non-hydrogen) atoms. The number of thioether (sulfide) groups is 1. The smallest absolute Gasteiger partial charge is 0.269 e. The van der Waals surface area contributed by atoms with Crippen molar-refractivity contribution in [3.63, 3.8) is 0 Å². The van der Waals surface area contributed by atoms with E-state index in [1.54, 1.807) is 17.6 Å². The van der Waals surface area contributed by atoms with Crippen LogP contribution in [0.1, 0.15) is 12.6 Å². The Morgan fingerprint density at radius 3 is 2.77 bits per heavy atom. The summed E-state index contributed by atoms with van der Waals surface area (Å²) in [6.07, 6.45) is 0.712. The Balaban J connectivity index is 1.79. The van der Waals surface area contributed by atoms with Crippen molar-refractivity contribution in [1.29, 1.82) is 0 Å². The van der Waals surface area contributed by atoms with Gasteiger partial charge in [0, 0.05) is 35.4 Å². The van der Waals surface area contributed by atoms with Gasteiger partial charge in [0.2, 0.25) is 5.91 Å². The van der Waals surface area contributed by atoms with E-state index in [-0.39, 0.29) is 16.8 Å². The lowest BCUT2D eigenvalue weighted by Gasteiger charge is -2.11. The lowest BCUT2D eigenvalue weighted by Crippen LogP contribution is -2.32. The summed E-state index contributed by atoms with van der Waals surface area (Å²) in [6.45, 7) is 2.36. The van der Waals surface area contributed by atoms with E-state index in [4.69, 9.17) is 0 Å². The van der Waals surface area contributed by atoms with E-state index in [2.05, 4.69) is 10.3 Å². The Kier molecular flexibility index (Phi) is 5.91. The predicted octanol–water partition coefficient (Wildman–Crippen LogP) is 2.89. The number of benzene rings is 1. The topological polar surface area (TPSA) is 85.1 Å². The Morgan fingerprint density at radius 1 is 1.45 bits per heavy atom. The van der Waals surface area contributed by atoms with Crippen molar-refractivity contribution in [3.8, 4) is 0 Å². The second-order valence-corrected chi connectivity index (χ2v) is 6.66. The molecule has 1 amide bonds. The number of non-ortho nitro benzene ring substituents is 1. The first-order valence-electron chi connectivity index (χ1n) is 6.62. The lowest BCUT2D eigenvalue weighted by molar-refractivity contribution is -0.384. The molecule has 0 fully saturated rings. The zero-order valence-corrected chi connectivity index (χ0v) is 13.5. The third kappa shape index (κ3) is 4.81. The van der Waals surface area contributed by atoms with Crippen LogP contribution in [0.5, 0.6) is 0 Å². The van der Waals surface area contributed by atoms with E-state index < -0.39 is 4.92 Å². The van der Waals surface area contributed by atoms with E-state index >= 15 is 0 Å². The highest BCUT2D eigenvalue weighted by atomic mass is 32.2. The summed E-state index contributed by atoms with van der Waals surface area (Å²) >= 11 is 2.91. The number of carbonyl (C=O) groups is 1. The number of nitrogens with zero attached hydrogens (tertiary/aromatic N) is 2. The van der Waals surface area contributed by atoms with Crippen LogP contribution in [0.2, 0.25) is 0 Å². The fourth-order valence-corrected chi connectivity index (χ4v) is 3.21. The molecule has 0 aliphatic rings. The van der Waals surface area contributed by atoms with E-state index in [9.17, 15) is 14.9 Å². The summed E-state index contributed by atoms with van der Waals surface area (Å²) in [5, 5.41) is 15.1. The molecule has 0 saturated carbocycles. The molecular formula is C14H15N3O3S2. The van der Waals surface area contributed by atoms with Crippen LogP contribution in [0.3, 0.4) is 0 Å². The minimum Gasteiger partial charge on any atom is -0.355 e. The number of nitro benzene ring substituents is 1. The monoisotopic (exact) mass is 337 g/mol. The molecule has 2 aromatic rings. The average Bonchev–Trinajstić information content (AvgIpc) is 3.01. The molecule has 0 aliphatic heterocycles. The number of rotatable bonds is 7. The van der Waals surface area contributed by atoms with Crippen LogP contribution in [0.4, 0.5) is 5.69 Å². The van der Waals surface area contributed by atoms with Gasteiger partial charge in [0.05, 0.1) is 21.4 Å². The lowest BCUT2D eigenvalue weighted by atomic mass is 10.3. The molecule has 1 aromatic carbocycles. The second-order valence-electron chi connectivity index (χ2n) is 4.53. The molecule has 0 bridgehead atoms. The first-order valence-corrected chi connectivity index (χ1v) is 8.44. The molecule has 2 rings (SSSR count). The Labute approximate surface area is 136 Å². The molecule has 1 atom stereocenters. The highest BCUT2D eigenvalue weighted by molar-refractivity contribution is 8.00. The number of thiazole rings is 1. The third-order valence-electron chi connectivity index (χ3n) is 2.89. The highest BCUT2D eigenvalue weighted by Crippen LogP contribution is 2.25. The maximum atomic E-state index is 12.0. The summed E-state index contributed by atoms with van der Waals surface area (Å²) in [5.41, 5.74) is 2.79. The van der Waals surface area contributed by atoms with Crippen molar-refractivity contribution in [2.75, 3.05) is 6.54 Å². The van der Waals surface area contributed by atoms with E-state index in [1.807, 2.05) is 12.3 Å². The number of aromatic nitrogens is 1. The molecule has 0 radical (unpaired) electrons. The maximum Gasteiger partial charge on any atom is 0.269 e. The van der Waals surface area contributed by atoms with Crippen LogP contribution < -0.4 is 5.32 Å². The fraction of sp³-hybridized carbons (Fsp3) is 0.286. The first-order chi connectivity index (χ1) is 10.6. The van der Waals surface area contributed by atoms with Gasteiger partial charge in [0.1, 0.15) is 0 Å². The number of hydrogen-bond acceptors (Lipinski definition) is 6. The second kappa shape index (κ2) is 7.90. The average molecular weight is 337 g/mol. The fourth-order valence-electron chi connectivity index (χ4n) is 1.72. The van der Waals surface area contributed by atoms with Crippen molar-refractivity contribution in [2.45, 2.75) is 23.5 Å². The summed E-state index contributed by atoms with van der Waals surface area (Å²) in [4.78, 5) is 27.1. The number of amides is 1. The normalized spacial score (nSPS) is 11.9.